The average molecular weight is 367 g/mol. The van der Waals surface area contributed by atoms with Crippen LogP contribution in [-0.4, -0.2) is 58.6 Å². The van der Waals surface area contributed by atoms with E-state index in [9.17, 15) is 13.2 Å². The van der Waals surface area contributed by atoms with Crippen molar-refractivity contribution in [1.29, 1.82) is 0 Å². The third-order valence-electron chi connectivity index (χ3n) is 4.38. The first kappa shape index (κ1) is 17.3. The van der Waals surface area contributed by atoms with Crippen LogP contribution in [0.3, 0.4) is 0 Å². The number of rotatable bonds is 5. The fourth-order valence-electron chi connectivity index (χ4n) is 3.12. The Morgan fingerprint density at radius 1 is 1.42 bits per heavy atom. The molecule has 3 rings (SSSR count). The summed E-state index contributed by atoms with van der Waals surface area (Å²) in [4.78, 5) is 18.8. The van der Waals surface area contributed by atoms with Gasteiger partial charge in [0.1, 0.15) is 0 Å². The van der Waals surface area contributed by atoms with Crippen LogP contribution >= 0.6 is 11.8 Å². The van der Waals surface area contributed by atoms with E-state index in [0.29, 0.717) is 13.0 Å². The largest absolute Gasteiger partial charge is 0.338 e. The molecule has 8 heteroatoms. The topological polar surface area (TPSA) is 72.3 Å². The summed E-state index contributed by atoms with van der Waals surface area (Å²) in [7, 11) is -1.06. The summed E-state index contributed by atoms with van der Waals surface area (Å²) >= 11 is 1.39. The molecule has 0 unspecified atom stereocenters. The smallest absolute Gasteiger partial charge is 0.233 e. The molecule has 1 atom stereocenters. The maximum Gasteiger partial charge on any atom is 0.233 e. The second kappa shape index (κ2) is 6.76. The van der Waals surface area contributed by atoms with E-state index in [2.05, 4.69) is 4.98 Å². The van der Waals surface area contributed by atoms with Crippen molar-refractivity contribution in [1.82, 2.24) is 14.5 Å². The van der Waals surface area contributed by atoms with E-state index >= 15 is 0 Å². The number of para-hydroxylation sites is 2. The Bertz CT molecular complexity index is 861. The lowest BCUT2D eigenvalue weighted by Gasteiger charge is -2.26. The SMILES string of the molecule is CCN(C(=O)CSc1nc2ccccc2n1C)[C@H]1CCS(=O)(=O)C1. The van der Waals surface area contributed by atoms with Gasteiger partial charge in [-0.25, -0.2) is 13.4 Å². The Hall–Kier alpha value is -1.54. The molecule has 0 bridgehead atoms. The number of carbonyl (C=O) groups is 1. The number of aryl methyl sites for hydroxylation is 1. The molecular formula is C16H21N3O3S2. The molecule has 2 aromatic rings. The molecule has 24 heavy (non-hydrogen) atoms. The summed E-state index contributed by atoms with van der Waals surface area (Å²) < 4.78 is 25.3. The van der Waals surface area contributed by atoms with Crippen LogP contribution in [0.15, 0.2) is 29.4 Å². The quantitative estimate of drug-likeness (QED) is 0.752. The van der Waals surface area contributed by atoms with Gasteiger partial charge in [-0.15, -0.1) is 0 Å². The predicted octanol–water partition coefficient (Wildman–Crippen LogP) is 1.70. The Morgan fingerprint density at radius 3 is 2.79 bits per heavy atom. The van der Waals surface area contributed by atoms with Crippen molar-refractivity contribution in [2.75, 3.05) is 23.8 Å². The van der Waals surface area contributed by atoms with Gasteiger partial charge in [0.25, 0.3) is 0 Å². The van der Waals surface area contributed by atoms with Gasteiger partial charge in [0.2, 0.25) is 5.91 Å². The highest BCUT2D eigenvalue weighted by Gasteiger charge is 2.33. The first-order valence-corrected chi connectivity index (χ1v) is 10.8. The van der Waals surface area contributed by atoms with Crippen LogP contribution in [0.1, 0.15) is 13.3 Å². The maximum atomic E-state index is 12.5. The van der Waals surface area contributed by atoms with Gasteiger partial charge in [-0.3, -0.25) is 4.79 Å². The average Bonchev–Trinajstić information content (AvgIpc) is 3.06. The van der Waals surface area contributed by atoms with Gasteiger partial charge < -0.3 is 9.47 Å². The molecule has 130 valence electrons. The highest BCUT2D eigenvalue weighted by Crippen LogP contribution is 2.24. The van der Waals surface area contributed by atoms with Crippen molar-refractivity contribution < 1.29 is 13.2 Å². The van der Waals surface area contributed by atoms with Gasteiger partial charge in [-0.05, 0) is 25.5 Å². The van der Waals surface area contributed by atoms with Crippen LogP contribution in [0.4, 0.5) is 0 Å². The first-order chi connectivity index (χ1) is 11.4. The fourth-order valence-corrected chi connectivity index (χ4v) is 5.73. The van der Waals surface area contributed by atoms with Gasteiger partial charge in [0.15, 0.2) is 15.0 Å². The number of fused-ring (bicyclic) bond motifs is 1. The zero-order valence-electron chi connectivity index (χ0n) is 13.8. The van der Waals surface area contributed by atoms with Crippen molar-refractivity contribution in [2.24, 2.45) is 7.05 Å². The minimum absolute atomic E-state index is 0.0309. The molecule has 1 aliphatic rings. The maximum absolute atomic E-state index is 12.5. The van der Waals surface area contributed by atoms with Gasteiger partial charge >= 0.3 is 0 Å². The Morgan fingerprint density at radius 2 is 2.17 bits per heavy atom. The number of hydrogen-bond acceptors (Lipinski definition) is 5. The van der Waals surface area contributed by atoms with E-state index in [-0.39, 0.29) is 29.2 Å². The lowest BCUT2D eigenvalue weighted by Crippen LogP contribution is -2.42. The number of hydrogen-bond donors (Lipinski definition) is 0. The molecule has 0 aliphatic carbocycles. The normalized spacial score (nSPS) is 19.7. The van der Waals surface area contributed by atoms with E-state index in [1.807, 2.05) is 42.8 Å². The molecule has 0 spiro atoms. The second-order valence-corrected chi connectivity index (χ2v) is 9.14. The van der Waals surface area contributed by atoms with Crippen molar-refractivity contribution in [3.63, 3.8) is 0 Å². The molecular weight excluding hydrogens is 346 g/mol. The van der Waals surface area contributed by atoms with Crippen molar-refractivity contribution >= 4 is 38.5 Å². The number of thioether (sulfide) groups is 1. The van der Waals surface area contributed by atoms with Gasteiger partial charge in [-0.2, -0.15) is 0 Å². The summed E-state index contributed by atoms with van der Waals surface area (Å²) in [6, 6.07) is 7.66. The van der Waals surface area contributed by atoms with Gasteiger partial charge in [0, 0.05) is 19.6 Å². The Balaban J connectivity index is 1.68. The minimum Gasteiger partial charge on any atom is -0.338 e. The molecule has 6 nitrogen and oxygen atoms in total. The predicted molar refractivity (Wildman–Crippen MR) is 95.9 cm³/mol. The second-order valence-electron chi connectivity index (χ2n) is 5.97. The standard InChI is InChI=1S/C16H21N3O3S2/c1-3-19(12-8-9-24(21,22)11-12)15(20)10-23-16-17-13-6-4-5-7-14(13)18(16)2/h4-7,12H,3,8-11H2,1-2H3/t12-/m0/s1. The summed E-state index contributed by atoms with van der Waals surface area (Å²) in [5.41, 5.74) is 1.94. The highest BCUT2D eigenvalue weighted by atomic mass is 32.2. The highest BCUT2D eigenvalue weighted by molar-refractivity contribution is 7.99. The number of aromatic nitrogens is 2. The molecule has 1 aromatic heterocycles. The van der Waals surface area contributed by atoms with Crippen LogP contribution < -0.4 is 0 Å². The van der Waals surface area contributed by atoms with Crippen molar-refractivity contribution in [3.05, 3.63) is 24.3 Å². The summed E-state index contributed by atoms with van der Waals surface area (Å²) in [6.45, 7) is 2.42. The molecule has 1 aliphatic heterocycles. The molecule has 2 heterocycles. The lowest BCUT2D eigenvalue weighted by molar-refractivity contribution is -0.129. The molecule has 1 aromatic carbocycles. The summed E-state index contributed by atoms with van der Waals surface area (Å²) in [5, 5.41) is 0.791. The Kier molecular flexibility index (Phi) is 4.87. The molecule has 1 fully saturated rings. The monoisotopic (exact) mass is 367 g/mol. The van der Waals surface area contributed by atoms with Crippen LogP contribution in [0.5, 0.6) is 0 Å². The zero-order valence-corrected chi connectivity index (χ0v) is 15.4. The van der Waals surface area contributed by atoms with E-state index in [0.717, 1.165) is 16.2 Å². The molecule has 0 saturated carbocycles. The number of nitrogens with zero attached hydrogens (tertiary/aromatic N) is 3. The summed E-state index contributed by atoms with van der Waals surface area (Å²) in [6.07, 6.45) is 0.541. The lowest BCUT2D eigenvalue weighted by atomic mass is 10.2. The molecule has 0 radical (unpaired) electrons. The van der Waals surface area contributed by atoms with E-state index in [4.69, 9.17) is 0 Å². The third kappa shape index (κ3) is 3.44. The molecule has 0 N–H and O–H groups in total. The molecule has 1 amide bonds. The van der Waals surface area contributed by atoms with E-state index in [1.165, 1.54) is 11.8 Å². The zero-order chi connectivity index (χ0) is 17.3. The number of sulfone groups is 1. The Labute approximate surface area is 146 Å². The number of carbonyl (C=O) groups excluding carboxylic acids is 1. The van der Waals surface area contributed by atoms with Crippen LogP contribution in [-0.2, 0) is 21.7 Å². The van der Waals surface area contributed by atoms with Gasteiger partial charge in [0.05, 0.1) is 28.3 Å². The van der Waals surface area contributed by atoms with Crippen LogP contribution in [0, 0.1) is 0 Å². The van der Waals surface area contributed by atoms with Crippen LogP contribution in [0.25, 0.3) is 11.0 Å². The van der Waals surface area contributed by atoms with Gasteiger partial charge in [-0.1, -0.05) is 23.9 Å². The fraction of sp³-hybridized carbons (Fsp3) is 0.500. The van der Waals surface area contributed by atoms with E-state index < -0.39 is 9.84 Å². The molecule has 1 saturated heterocycles. The number of imidazole rings is 1. The third-order valence-corrected chi connectivity index (χ3v) is 7.15. The van der Waals surface area contributed by atoms with Crippen molar-refractivity contribution in [3.8, 4) is 0 Å². The number of amides is 1. The summed E-state index contributed by atoms with van der Waals surface area (Å²) in [5.74, 6) is 0.501. The van der Waals surface area contributed by atoms with E-state index in [1.54, 1.807) is 4.90 Å². The number of benzene rings is 1. The van der Waals surface area contributed by atoms with Crippen LogP contribution in [0.2, 0.25) is 0 Å². The van der Waals surface area contributed by atoms with Crippen molar-refractivity contribution in [2.45, 2.75) is 24.5 Å². The minimum atomic E-state index is -2.99. The first-order valence-electron chi connectivity index (χ1n) is 7.95.